The van der Waals surface area contributed by atoms with Crippen LogP contribution in [0.3, 0.4) is 0 Å². The molecule has 2 aromatic rings. The number of aromatic nitrogens is 2. The van der Waals surface area contributed by atoms with Crippen molar-refractivity contribution in [1.82, 2.24) is 9.97 Å². The number of hydrogen-bond donors (Lipinski definition) is 1. The van der Waals surface area contributed by atoms with Gasteiger partial charge in [-0.1, -0.05) is 32.9 Å². The second-order valence-electron chi connectivity index (χ2n) is 7.64. The van der Waals surface area contributed by atoms with E-state index in [9.17, 15) is 0 Å². The molecule has 0 atom stereocenters. The fourth-order valence-electron chi connectivity index (χ4n) is 2.44. The van der Waals surface area contributed by atoms with E-state index < -0.39 is 8.32 Å². The smallest absolute Gasteiger partial charge is 0.250 e. The van der Waals surface area contributed by atoms with Crippen molar-refractivity contribution >= 4 is 19.8 Å². The predicted octanol–water partition coefficient (Wildman–Crippen LogP) is 3.79. The van der Waals surface area contributed by atoms with Crippen molar-refractivity contribution in [1.29, 1.82) is 0 Å². The molecule has 0 spiro atoms. The highest BCUT2D eigenvalue weighted by atomic mass is 28.4. The van der Waals surface area contributed by atoms with Gasteiger partial charge in [0.1, 0.15) is 17.9 Å². The molecule has 1 aliphatic rings. The molecular weight excluding hydrogens is 316 g/mol. The van der Waals surface area contributed by atoms with E-state index in [4.69, 9.17) is 10.2 Å². The van der Waals surface area contributed by atoms with Gasteiger partial charge < -0.3 is 10.2 Å². The second-order valence-corrected chi connectivity index (χ2v) is 12.4. The zero-order chi connectivity index (χ0) is 17.5. The number of benzene rings is 1. The van der Waals surface area contributed by atoms with Crippen molar-refractivity contribution in [2.75, 3.05) is 5.73 Å². The maximum atomic E-state index is 6.41. The molecule has 6 heteroatoms. The largest absolute Gasteiger partial charge is 0.543 e. The van der Waals surface area contributed by atoms with Gasteiger partial charge in [-0.3, -0.25) is 4.99 Å². The van der Waals surface area contributed by atoms with Gasteiger partial charge in [0.2, 0.25) is 8.32 Å². The van der Waals surface area contributed by atoms with E-state index in [1.54, 1.807) is 0 Å². The molecule has 1 aliphatic heterocycles. The minimum atomic E-state index is -1.88. The van der Waals surface area contributed by atoms with Crippen LogP contribution in [0.2, 0.25) is 18.1 Å². The first-order valence-corrected chi connectivity index (χ1v) is 11.0. The first-order chi connectivity index (χ1) is 11.2. The van der Waals surface area contributed by atoms with Crippen LogP contribution in [-0.2, 0) is 6.54 Å². The molecule has 0 bridgehead atoms. The van der Waals surface area contributed by atoms with Gasteiger partial charge in [0.25, 0.3) is 0 Å². The summed E-state index contributed by atoms with van der Waals surface area (Å²) in [5.41, 5.74) is 9.61. The monoisotopic (exact) mass is 340 g/mol. The first-order valence-electron chi connectivity index (χ1n) is 8.13. The molecule has 126 valence electrons. The molecule has 0 radical (unpaired) electrons. The molecule has 0 amide bonds. The lowest BCUT2D eigenvalue weighted by Crippen LogP contribution is -2.43. The van der Waals surface area contributed by atoms with Crippen LogP contribution in [0.1, 0.15) is 37.6 Å². The molecule has 2 heterocycles. The van der Waals surface area contributed by atoms with Gasteiger partial charge in [0, 0.05) is 5.56 Å². The third-order valence-electron chi connectivity index (χ3n) is 4.87. The topological polar surface area (TPSA) is 73.4 Å². The number of aliphatic imine (C=N–C) groups is 1. The lowest BCUT2D eigenvalue weighted by Gasteiger charge is -2.36. The molecule has 24 heavy (non-hydrogen) atoms. The molecule has 3 rings (SSSR count). The molecule has 1 aromatic heterocycles. The van der Waals surface area contributed by atoms with Crippen LogP contribution in [0.4, 0.5) is 5.82 Å². The van der Waals surface area contributed by atoms with E-state index in [0.717, 1.165) is 28.3 Å². The van der Waals surface area contributed by atoms with Gasteiger partial charge in [0.05, 0.1) is 23.5 Å². The fourth-order valence-corrected chi connectivity index (χ4v) is 3.46. The Hall–Kier alpha value is -2.21. The number of fused-ring (bicyclic) bond motifs is 1. The summed E-state index contributed by atoms with van der Waals surface area (Å²) in [4.78, 5) is 13.0. The van der Waals surface area contributed by atoms with Crippen LogP contribution in [0.5, 0.6) is 5.75 Å². The highest BCUT2D eigenvalue weighted by Gasteiger charge is 2.39. The summed E-state index contributed by atoms with van der Waals surface area (Å²) in [5, 5.41) is 0.152. The van der Waals surface area contributed by atoms with Gasteiger partial charge in [-0.25, -0.2) is 9.97 Å². The van der Waals surface area contributed by atoms with Crippen LogP contribution >= 0.6 is 0 Å². The maximum Gasteiger partial charge on any atom is 0.250 e. The number of hydrogen-bond acceptors (Lipinski definition) is 5. The Morgan fingerprint density at radius 2 is 1.92 bits per heavy atom. The van der Waals surface area contributed by atoms with E-state index in [2.05, 4.69) is 48.8 Å². The lowest BCUT2D eigenvalue weighted by molar-refractivity contribution is 0.492. The quantitative estimate of drug-likeness (QED) is 0.863. The second kappa shape index (κ2) is 5.70. The Labute approximate surface area is 144 Å². The first kappa shape index (κ1) is 16.6. The SMILES string of the molecule is CC(C)(C)[Si](C)(C)Oc1cccc(C2=NCc3ncnc(N)c32)c1. The maximum absolute atomic E-state index is 6.41. The lowest BCUT2D eigenvalue weighted by atomic mass is 10.0. The van der Waals surface area contributed by atoms with Crippen LogP contribution < -0.4 is 10.2 Å². The number of nitrogens with zero attached hydrogens (tertiary/aromatic N) is 3. The summed E-state index contributed by atoms with van der Waals surface area (Å²) in [5.74, 6) is 1.36. The fraction of sp³-hybridized carbons (Fsp3) is 0.389. The van der Waals surface area contributed by atoms with E-state index >= 15 is 0 Å². The Bertz CT molecular complexity index is 809. The van der Waals surface area contributed by atoms with Gasteiger partial charge in [-0.15, -0.1) is 0 Å². The van der Waals surface area contributed by atoms with E-state index in [1.807, 2.05) is 24.3 Å². The molecular formula is C18H24N4OSi. The van der Waals surface area contributed by atoms with E-state index in [1.165, 1.54) is 6.33 Å². The summed E-state index contributed by atoms with van der Waals surface area (Å²) in [6, 6.07) is 8.07. The van der Waals surface area contributed by atoms with Gasteiger partial charge >= 0.3 is 0 Å². The standard InChI is InChI=1S/C18H24N4OSi/c1-18(2,3)24(4,5)23-13-8-6-7-12(9-13)16-15-14(10-20-16)21-11-22-17(15)19/h6-9,11H,10H2,1-5H3,(H2,19,21,22). The Kier molecular flexibility index (Phi) is 3.95. The average Bonchev–Trinajstić information content (AvgIpc) is 2.91. The number of rotatable bonds is 3. The van der Waals surface area contributed by atoms with Crippen molar-refractivity contribution < 1.29 is 4.43 Å². The van der Waals surface area contributed by atoms with E-state index in [0.29, 0.717) is 12.4 Å². The highest BCUT2D eigenvalue weighted by molar-refractivity contribution is 6.74. The predicted molar refractivity (Wildman–Crippen MR) is 100 cm³/mol. The molecule has 5 nitrogen and oxygen atoms in total. The molecule has 0 unspecified atom stereocenters. The average molecular weight is 341 g/mol. The van der Waals surface area contributed by atoms with Gasteiger partial charge in [-0.05, 0) is 30.3 Å². The number of nitrogens with two attached hydrogens (primary N) is 1. The molecule has 0 saturated carbocycles. The van der Waals surface area contributed by atoms with Crippen LogP contribution in [0.25, 0.3) is 0 Å². The molecule has 0 saturated heterocycles. The van der Waals surface area contributed by atoms with Crippen molar-refractivity contribution in [3.8, 4) is 5.75 Å². The summed E-state index contributed by atoms with van der Waals surface area (Å²) in [6.45, 7) is 11.7. The minimum Gasteiger partial charge on any atom is -0.543 e. The summed E-state index contributed by atoms with van der Waals surface area (Å²) in [6.07, 6.45) is 1.49. The summed E-state index contributed by atoms with van der Waals surface area (Å²) >= 11 is 0. The molecule has 2 N–H and O–H groups in total. The van der Waals surface area contributed by atoms with Crippen LogP contribution in [0, 0.1) is 0 Å². The zero-order valence-corrected chi connectivity index (χ0v) is 15.9. The number of anilines is 1. The Balaban J connectivity index is 1.94. The van der Waals surface area contributed by atoms with Crippen molar-refractivity contribution in [2.24, 2.45) is 4.99 Å². The summed E-state index contributed by atoms with van der Waals surface area (Å²) < 4.78 is 6.41. The van der Waals surface area contributed by atoms with Crippen molar-refractivity contribution in [3.63, 3.8) is 0 Å². The highest BCUT2D eigenvalue weighted by Crippen LogP contribution is 2.37. The van der Waals surface area contributed by atoms with E-state index in [-0.39, 0.29) is 5.04 Å². The third-order valence-corrected chi connectivity index (χ3v) is 9.22. The Morgan fingerprint density at radius 3 is 2.62 bits per heavy atom. The minimum absolute atomic E-state index is 0.152. The number of nitrogen functional groups attached to an aromatic ring is 1. The normalized spacial score (nSPS) is 14.3. The zero-order valence-electron chi connectivity index (χ0n) is 14.9. The van der Waals surface area contributed by atoms with Crippen molar-refractivity contribution in [2.45, 2.75) is 45.4 Å². The van der Waals surface area contributed by atoms with Gasteiger partial charge in [0.15, 0.2) is 0 Å². The third kappa shape index (κ3) is 2.93. The summed E-state index contributed by atoms with van der Waals surface area (Å²) in [7, 11) is -1.88. The van der Waals surface area contributed by atoms with Crippen molar-refractivity contribution in [3.05, 3.63) is 47.4 Å². The molecule has 0 fully saturated rings. The molecule has 1 aromatic carbocycles. The molecule has 0 aliphatic carbocycles. The van der Waals surface area contributed by atoms with Crippen LogP contribution in [0.15, 0.2) is 35.6 Å². The van der Waals surface area contributed by atoms with Crippen LogP contribution in [-0.4, -0.2) is 24.0 Å². The Morgan fingerprint density at radius 1 is 1.17 bits per heavy atom. The van der Waals surface area contributed by atoms with Gasteiger partial charge in [-0.2, -0.15) is 0 Å².